The van der Waals surface area contributed by atoms with E-state index >= 15 is 0 Å². The molecule has 4 atom stereocenters. The molecule has 5 rings (SSSR count). The number of carbonyl (C=O) groups excluding carboxylic acids is 3. The van der Waals surface area contributed by atoms with Crippen LogP contribution in [-0.4, -0.2) is 35.7 Å². The van der Waals surface area contributed by atoms with Crippen molar-refractivity contribution in [1.82, 2.24) is 4.90 Å². The van der Waals surface area contributed by atoms with Gasteiger partial charge in [-0.2, -0.15) is 0 Å². The van der Waals surface area contributed by atoms with Gasteiger partial charge < -0.3 is 4.90 Å². The van der Waals surface area contributed by atoms with Crippen molar-refractivity contribution in [3.8, 4) is 0 Å². The molecule has 2 heterocycles. The summed E-state index contributed by atoms with van der Waals surface area (Å²) in [6, 6.07) is 7.06. The second-order valence-corrected chi connectivity index (χ2v) is 8.27. The number of imide groups is 1. The van der Waals surface area contributed by atoms with E-state index in [9.17, 15) is 14.4 Å². The van der Waals surface area contributed by atoms with Crippen LogP contribution in [0.4, 0.5) is 5.69 Å². The van der Waals surface area contributed by atoms with E-state index in [1.165, 1.54) is 17.7 Å². The van der Waals surface area contributed by atoms with Gasteiger partial charge in [-0.25, -0.2) is 4.90 Å². The standard InChI is InChI=1S/C22H24N2O3/c25-20(23-10-3-1-2-4-11-23)16-6-5-7-17(13-16)24-21(26)18-14-8-9-15(12-14)19(18)22(24)27/h5-9,13-15,18-19H,1-4,10-12H2/t14-,15+,18-,19+. The zero-order chi connectivity index (χ0) is 18.5. The summed E-state index contributed by atoms with van der Waals surface area (Å²) in [6.07, 6.45) is 9.52. The van der Waals surface area contributed by atoms with Crippen molar-refractivity contribution in [2.24, 2.45) is 23.7 Å². The third-order valence-electron chi connectivity index (χ3n) is 6.71. The number of amides is 3. The number of nitrogens with zero attached hydrogens (tertiary/aromatic N) is 2. The van der Waals surface area contributed by atoms with Crippen molar-refractivity contribution in [2.45, 2.75) is 32.1 Å². The largest absolute Gasteiger partial charge is 0.339 e. The SMILES string of the molecule is O=C(c1cccc(N2C(=O)[C@@H]3[C@H](C2=O)[C@@H]2C=C[C@H]3C2)c1)N1CCCCCC1. The molecule has 27 heavy (non-hydrogen) atoms. The highest BCUT2D eigenvalue weighted by atomic mass is 16.2. The number of allylic oxidation sites excluding steroid dienone is 2. The highest BCUT2D eigenvalue weighted by Crippen LogP contribution is 2.53. The lowest BCUT2D eigenvalue weighted by atomic mass is 9.85. The Hall–Kier alpha value is -2.43. The van der Waals surface area contributed by atoms with E-state index in [0.717, 1.165) is 32.4 Å². The molecule has 1 aromatic rings. The van der Waals surface area contributed by atoms with Crippen molar-refractivity contribution in [2.75, 3.05) is 18.0 Å². The van der Waals surface area contributed by atoms with Crippen LogP contribution < -0.4 is 4.90 Å². The van der Waals surface area contributed by atoms with Crippen LogP contribution in [-0.2, 0) is 9.59 Å². The van der Waals surface area contributed by atoms with Crippen LogP contribution in [0.1, 0.15) is 42.5 Å². The van der Waals surface area contributed by atoms with Crippen molar-refractivity contribution in [3.05, 3.63) is 42.0 Å². The number of fused-ring (bicyclic) bond motifs is 5. The summed E-state index contributed by atoms with van der Waals surface area (Å²) in [6.45, 7) is 1.56. The maximum atomic E-state index is 13.0. The average molecular weight is 364 g/mol. The Morgan fingerprint density at radius 3 is 2.15 bits per heavy atom. The van der Waals surface area contributed by atoms with Crippen LogP contribution in [0.3, 0.4) is 0 Å². The minimum absolute atomic E-state index is 0.000208. The summed E-state index contributed by atoms with van der Waals surface area (Å²) in [5.74, 6) is -0.219. The molecule has 1 aromatic carbocycles. The maximum absolute atomic E-state index is 13.0. The van der Waals surface area contributed by atoms with Gasteiger partial charge in [-0.05, 0) is 49.3 Å². The number of hydrogen-bond donors (Lipinski definition) is 0. The van der Waals surface area contributed by atoms with Gasteiger partial charge in [0.15, 0.2) is 0 Å². The first-order valence-corrected chi connectivity index (χ1v) is 10.1. The van der Waals surface area contributed by atoms with E-state index in [1.54, 1.807) is 24.3 Å². The normalized spacial score (nSPS) is 32.1. The van der Waals surface area contributed by atoms with Crippen LogP contribution in [0.5, 0.6) is 0 Å². The summed E-state index contributed by atoms with van der Waals surface area (Å²) in [4.78, 5) is 42.1. The smallest absolute Gasteiger partial charge is 0.253 e. The van der Waals surface area contributed by atoms with Crippen LogP contribution in [0, 0.1) is 23.7 Å². The van der Waals surface area contributed by atoms with Crippen molar-refractivity contribution in [1.29, 1.82) is 0 Å². The zero-order valence-corrected chi connectivity index (χ0v) is 15.3. The van der Waals surface area contributed by atoms with E-state index < -0.39 is 0 Å². The monoisotopic (exact) mass is 364 g/mol. The molecule has 2 bridgehead atoms. The van der Waals surface area contributed by atoms with E-state index in [-0.39, 0.29) is 41.4 Å². The summed E-state index contributed by atoms with van der Waals surface area (Å²) in [5.41, 5.74) is 1.10. The number of rotatable bonds is 2. The van der Waals surface area contributed by atoms with Crippen LogP contribution in [0.2, 0.25) is 0 Å². The molecular formula is C22H24N2O3. The fraction of sp³-hybridized carbons (Fsp3) is 0.500. The summed E-state index contributed by atoms with van der Waals surface area (Å²) in [7, 11) is 0. The van der Waals surface area contributed by atoms with E-state index in [0.29, 0.717) is 11.3 Å². The molecular weight excluding hydrogens is 340 g/mol. The topological polar surface area (TPSA) is 57.7 Å². The molecule has 1 saturated carbocycles. The summed E-state index contributed by atoms with van der Waals surface area (Å²) >= 11 is 0. The number of benzene rings is 1. The molecule has 140 valence electrons. The molecule has 0 radical (unpaired) electrons. The average Bonchev–Trinajstić information content (AvgIpc) is 3.28. The predicted molar refractivity (Wildman–Crippen MR) is 101 cm³/mol. The first-order valence-electron chi connectivity index (χ1n) is 10.1. The molecule has 2 aliphatic heterocycles. The number of carbonyl (C=O) groups is 3. The minimum atomic E-state index is -0.211. The highest BCUT2D eigenvalue weighted by Gasteiger charge is 2.59. The van der Waals surface area contributed by atoms with Crippen molar-refractivity contribution < 1.29 is 14.4 Å². The molecule has 2 aliphatic carbocycles. The predicted octanol–water partition coefficient (Wildman–Crippen LogP) is 3.01. The molecule has 4 aliphatic rings. The number of anilines is 1. The first-order chi connectivity index (χ1) is 13.1. The molecule has 0 spiro atoms. The van der Waals surface area contributed by atoms with Crippen LogP contribution in [0.15, 0.2) is 36.4 Å². The molecule has 0 N–H and O–H groups in total. The Bertz CT molecular complexity index is 808. The van der Waals surface area contributed by atoms with Crippen LogP contribution in [0.25, 0.3) is 0 Å². The highest BCUT2D eigenvalue weighted by molar-refractivity contribution is 6.23. The Kier molecular flexibility index (Phi) is 3.92. The van der Waals surface area contributed by atoms with E-state index in [4.69, 9.17) is 0 Å². The van der Waals surface area contributed by atoms with Gasteiger partial charge in [0.05, 0.1) is 17.5 Å². The molecule has 3 fully saturated rings. The van der Waals surface area contributed by atoms with Crippen molar-refractivity contribution in [3.63, 3.8) is 0 Å². The van der Waals surface area contributed by atoms with Gasteiger partial charge in [-0.3, -0.25) is 14.4 Å². The maximum Gasteiger partial charge on any atom is 0.253 e. The lowest BCUT2D eigenvalue weighted by Gasteiger charge is -2.22. The van der Waals surface area contributed by atoms with E-state index in [2.05, 4.69) is 12.2 Å². The number of likely N-dealkylation sites (tertiary alicyclic amines) is 1. The minimum Gasteiger partial charge on any atom is -0.339 e. The second kappa shape index (κ2) is 6.32. The molecule has 5 heteroatoms. The van der Waals surface area contributed by atoms with Crippen LogP contribution >= 0.6 is 0 Å². The van der Waals surface area contributed by atoms with Gasteiger partial charge >= 0.3 is 0 Å². The molecule has 0 aromatic heterocycles. The molecule has 2 saturated heterocycles. The quantitative estimate of drug-likeness (QED) is 0.599. The zero-order valence-electron chi connectivity index (χ0n) is 15.3. The first kappa shape index (κ1) is 16.7. The van der Waals surface area contributed by atoms with Gasteiger partial charge in [0.2, 0.25) is 11.8 Å². The molecule has 3 amide bonds. The Morgan fingerprint density at radius 2 is 1.52 bits per heavy atom. The Labute approximate surface area is 159 Å². The molecule has 0 unspecified atom stereocenters. The number of hydrogen-bond acceptors (Lipinski definition) is 3. The fourth-order valence-corrected chi connectivity index (χ4v) is 5.39. The Balaban J connectivity index is 1.42. The summed E-state index contributed by atoms with van der Waals surface area (Å²) in [5, 5.41) is 0. The van der Waals surface area contributed by atoms with E-state index in [1.807, 2.05) is 4.90 Å². The van der Waals surface area contributed by atoms with Gasteiger partial charge in [-0.1, -0.05) is 31.1 Å². The molecule has 5 nitrogen and oxygen atoms in total. The van der Waals surface area contributed by atoms with Gasteiger partial charge in [-0.15, -0.1) is 0 Å². The van der Waals surface area contributed by atoms with Gasteiger partial charge in [0.25, 0.3) is 5.91 Å². The second-order valence-electron chi connectivity index (χ2n) is 8.27. The summed E-state index contributed by atoms with van der Waals surface area (Å²) < 4.78 is 0. The Morgan fingerprint density at radius 1 is 0.889 bits per heavy atom. The lowest BCUT2D eigenvalue weighted by Crippen LogP contribution is -2.34. The third-order valence-corrected chi connectivity index (χ3v) is 6.71. The lowest BCUT2D eigenvalue weighted by molar-refractivity contribution is -0.123. The van der Waals surface area contributed by atoms with Gasteiger partial charge in [0, 0.05) is 18.7 Å². The van der Waals surface area contributed by atoms with Crippen molar-refractivity contribution >= 4 is 23.4 Å². The van der Waals surface area contributed by atoms with Gasteiger partial charge in [0.1, 0.15) is 0 Å². The fourth-order valence-electron chi connectivity index (χ4n) is 5.39. The third kappa shape index (κ3) is 2.55.